The molecule has 1 fully saturated rings. The lowest BCUT2D eigenvalue weighted by Gasteiger charge is -2.46. The standard InChI is InChI=1S/C30H29NO7S/c1-2-39-30-24(31-27(33)21-15-9-10-16-22(21)28(31)34)26(36-17-19-11-5-3-6-12-19)25(32)23(38-30)18-37-29(35)20-13-7-4-8-14-20/h3-16,23-26,30,32H,2,17-18H2,1H3/t23-,24-,25+,26-,30+/m1/s1. The molecule has 3 aromatic rings. The lowest BCUT2D eigenvalue weighted by atomic mass is 9.96. The number of nitrogens with zero attached hydrogens (tertiary/aromatic N) is 1. The molecule has 1 N–H and O–H groups in total. The van der Waals surface area contributed by atoms with Crippen LogP contribution in [0.5, 0.6) is 0 Å². The van der Waals surface area contributed by atoms with Gasteiger partial charge in [0.2, 0.25) is 0 Å². The van der Waals surface area contributed by atoms with Crippen LogP contribution in [0.4, 0.5) is 0 Å². The van der Waals surface area contributed by atoms with Crippen molar-refractivity contribution in [1.29, 1.82) is 0 Å². The first kappa shape index (κ1) is 27.1. The molecular weight excluding hydrogens is 518 g/mol. The maximum absolute atomic E-state index is 13.5. The summed E-state index contributed by atoms with van der Waals surface area (Å²) in [5.74, 6) is -0.849. The fourth-order valence-electron chi connectivity index (χ4n) is 4.87. The lowest BCUT2D eigenvalue weighted by molar-refractivity contribution is -0.200. The van der Waals surface area contributed by atoms with Crippen LogP contribution in [0.1, 0.15) is 43.6 Å². The molecule has 0 spiro atoms. The van der Waals surface area contributed by atoms with Gasteiger partial charge >= 0.3 is 5.97 Å². The quantitative estimate of drug-likeness (QED) is 0.318. The van der Waals surface area contributed by atoms with E-state index in [1.165, 1.54) is 11.8 Å². The van der Waals surface area contributed by atoms with Gasteiger partial charge in [-0.2, -0.15) is 0 Å². The zero-order valence-electron chi connectivity index (χ0n) is 21.3. The monoisotopic (exact) mass is 547 g/mol. The van der Waals surface area contributed by atoms with Crippen molar-refractivity contribution in [3.63, 3.8) is 0 Å². The van der Waals surface area contributed by atoms with E-state index in [0.717, 1.165) is 10.5 Å². The fraction of sp³-hybridized carbons (Fsp3) is 0.300. The highest BCUT2D eigenvalue weighted by Crippen LogP contribution is 2.37. The average molecular weight is 548 g/mol. The highest BCUT2D eigenvalue weighted by atomic mass is 32.2. The number of aliphatic hydroxyl groups is 1. The molecule has 39 heavy (non-hydrogen) atoms. The number of amides is 2. The zero-order valence-corrected chi connectivity index (χ0v) is 22.2. The molecule has 0 aromatic heterocycles. The topological polar surface area (TPSA) is 102 Å². The van der Waals surface area contributed by atoms with Gasteiger partial charge in [0.05, 0.1) is 23.3 Å². The number of hydrogen-bond acceptors (Lipinski definition) is 8. The van der Waals surface area contributed by atoms with Crippen LogP contribution in [-0.2, 0) is 20.8 Å². The Bertz CT molecular complexity index is 1280. The smallest absolute Gasteiger partial charge is 0.338 e. The number of carbonyl (C=O) groups is 3. The van der Waals surface area contributed by atoms with Crippen LogP contribution in [0.15, 0.2) is 84.9 Å². The molecule has 5 rings (SSSR count). The first-order valence-corrected chi connectivity index (χ1v) is 13.8. The molecular formula is C30H29NO7S. The molecule has 2 aliphatic heterocycles. The molecule has 2 amide bonds. The molecule has 0 unspecified atom stereocenters. The van der Waals surface area contributed by atoms with E-state index >= 15 is 0 Å². The highest BCUT2D eigenvalue weighted by molar-refractivity contribution is 7.99. The van der Waals surface area contributed by atoms with Gasteiger partial charge in [0.25, 0.3) is 11.8 Å². The molecule has 0 radical (unpaired) electrons. The van der Waals surface area contributed by atoms with Crippen LogP contribution in [0.3, 0.4) is 0 Å². The van der Waals surface area contributed by atoms with Gasteiger partial charge in [-0.25, -0.2) is 4.79 Å². The molecule has 2 aliphatic rings. The van der Waals surface area contributed by atoms with E-state index in [2.05, 4.69) is 0 Å². The zero-order chi connectivity index (χ0) is 27.4. The van der Waals surface area contributed by atoms with E-state index in [0.29, 0.717) is 22.4 Å². The summed E-state index contributed by atoms with van der Waals surface area (Å²) in [4.78, 5) is 40.7. The second kappa shape index (κ2) is 12.1. The first-order valence-electron chi connectivity index (χ1n) is 12.8. The summed E-state index contributed by atoms with van der Waals surface area (Å²) >= 11 is 1.39. The van der Waals surface area contributed by atoms with E-state index in [-0.39, 0.29) is 13.2 Å². The van der Waals surface area contributed by atoms with Crippen molar-refractivity contribution in [3.8, 4) is 0 Å². The van der Waals surface area contributed by atoms with Gasteiger partial charge in [-0.3, -0.25) is 14.5 Å². The van der Waals surface area contributed by atoms with E-state index in [4.69, 9.17) is 14.2 Å². The Hall–Kier alpha value is -3.50. The van der Waals surface area contributed by atoms with Gasteiger partial charge in [0.15, 0.2) is 0 Å². The first-order chi connectivity index (χ1) is 19.0. The number of carbonyl (C=O) groups excluding carboxylic acids is 3. The number of hydrogen-bond donors (Lipinski definition) is 1. The number of imide groups is 1. The summed E-state index contributed by atoms with van der Waals surface area (Å²) in [5.41, 5.74) is 1.13. The summed E-state index contributed by atoms with van der Waals surface area (Å²) < 4.78 is 18.0. The van der Waals surface area contributed by atoms with Crippen molar-refractivity contribution in [1.82, 2.24) is 4.90 Å². The Morgan fingerprint density at radius 3 is 2.13 bits per heavy atom. The molecule has 202 valence electrons. The molecule has 8 nitrogen and oxygen atoms in total. The second-order valence-electron chi connectivity index (χ2n) is 9.23. The fourth-order valence-corrected chi connectivity index (χ4v) is 5.89. The molecule has 5 atom stereocenters. The maximum Gasteiger partial charge on any atom is 0.338 e. The SMILES string of the molecule is CCS[C@@H]1O[C@H](COC(=O)c2ccccc2)[C@H](O)[C@H](OCc2ccccc2)[C@H]1N1C(=O)c2ccccc2C1=O. The molecule has 0 bridgehead atoms. The molecule has 0 aliphatic carbocycles. The van der Waals surface area contributed by atoms with Gasteiger partial charge in [-0.15, -0.1) is 11.8 Å². The molecule has 9 heteroatoms. The third-order valence-electron chi connectivity index (χ3n) is 6.77. The van der Waals surface area contributed by atoms with Gasteiger partial charge in [-0.1, -0.05) is 67.6 Å². The summed E-state index contributed by atoms with van der Waals surface area (Å²) in [6.07, 6.45) is -3.22. The van der Waals surface area contributed by atoms with Crippen LogP contribution in [0.2, 0.25) is 0 Å². The summed E-state index contributed by atoms with van der Waals surface area (Å²) in [6, 6.07) is 23.7. The predicted octanol–water partition coefficient (Wildman–Crippen LogP) is 3.93. The van der Waals surface area contributed by atoms with Crippen molar-refractivity contribution >= 4 is 29.5 Å². The Morgan fingerprint density at radius 2 is 1.51 bits per heavy atom. The van der Waals surface area contributed by atoms with Crippen molar-refractivity contribution in [2.45, 2.75) is 43.3 Å². The van der Waals surface area contributed by atoms with Crippen molar-refractivity contribution in [2.75, 3.05) is 12.4 Å². The van der Waals surface area contributed by atoms with Crippen LogP contribution < -0.4 is 0 Å². The maximum atomic E-state index is 13.5. The third kappa shape index (κ3) is 5.62. The highest BCUT2D eigenvalue weighted by Gasteiger charge is 2.54. The minimum absolute atomic E-state index is 0.141. The normalized spacial score (nSPS) is 24.5. The minimum Gasteiger partial charge on any atom is -0.459 e. The van der Waals surface area contributed by atoms with Gasteiger partial charge in [0, 0.05) is 0 Å². The second-order valence-corrected chi connectivity index (χ2v) is 10.6. The lowest BCUT2D eigenvalue weighted by Crippen LogP contribution is -2.65. The molecule has 0 saturated carbocycles. The number of aliphatic hydroxyl groups excluding tert-OH is 1. The van der Waals surface area contributed by atoms with Crippen molar-refractivity contribution < 1.29 is 33.7 Å². The van der Waals surface area contributed by atoms with E-state index in [9.17, 15) is 19.5 Å². The Labute approximate surface area is 230 Å². The molecule has 2 heterocycles. The van der Waals surface area contributed by atoms with Crippen LogP contribution in [-0.4, -0.2) is 69.9 Å². The Balaban J connectivity index is 1.43. The van der Waals surface area contributed by atoms with E-state index in [1.807, 2.05) is 37.3 Å². The number of rotatable bonds is 9. The average Bonchev–Trinajstić information content (AvgIpc) is 3.22. The van der Waals surface area contributed by atoms with Crippen LogP contribution >= 0.6 is 11.8 Å². The van der Waals surface area contributed by atoms with Gasteiger partial charge in [-0.05, 0) is 35.6 Å². The predicted molar refractivity (Wildman–Crippen MR) is 145 cm³/mol. The van der Waals surface area contributed by atoms with E-state index < -0.39 is 47.6 Å². The summed E-state index contributed by atoms with van der Waals surface area (Å²) in [6.45, 7) is 1.85. The van der Waals surface area contributed by atoms with Gasteiger partial charge < -0.3 is 19.3 Å². The number of benzene rings is 3. The van der Waals surface area contributed by atoms with Gasteiger partial charge in [0.1, 0.15) is 36.4 Å². The number of thioether (sulfide) groups is 1. The molecule has 1 saturated heterocycles. The number of ether oxygens (including phenoxy) is 3. The number of esters is 1. The summed E-state index contributed by atoms with van der Waals surface area (Å²) in [5, 5.41) is 11.5. The third-order valence-corrected chi connectivity index (χ3v) is 7.82. The van der Waals surface area contributed by atoms with Crippen molar-refractivity contribution in [2.24, 2.45) is 0 Å². The van der Waals surface area contributed by atoms with Crippen LogP contribution in [0, 0.1) is 0 Å². The number of fused-ring (bicyclic) bond motifs is 1. The Morgan fingerprint density at radius 1 is 0.923 bits per heavy atom. The molecule has 3 aromatic carbocycles. The van der Waals surface area contributed by atoms with E-state index in [1.54, 1.807) is 54.6 Å². The van der Waals surface area contributed by atoms with Crippen LogP contribution in [0.25, 0.3) is 0 Å². The van der Waals surface area contributed by atoms with Crippen molar-refractivity contribution in [3.05, 3.63) is 107 Å². The minimum atomic E-state index is -1.29. The Kier molecular flexibility index (Phi) is 8.42. The largest absolute Gasteiger partial charge is 0.459 e. The summed E-state index contributed by atoms with van der Waals surface area (Å²) in [7, 11) is 0.